The van der Waals surface area contributed by atoms with Gasteiger partial charge in [0, 0.05) is 30.1 Å². The van der Waals surface area contributed by atoms with Gasteiger partial charge in [0.1, 0.15) is 0 Å². The minimum atomic E-state index is -0.0254. The van der Waals surface area contributed by atoms with E-state index in [1.165, 1.54) is 11.3 Å². The molecule has 0 aromatic carbocycles. The van der Waals surface area contributed by atoms with Crippen molar-refractivity contribution in [2.75, 3.05) is 6.54 Å². The van der Waals surface area contributed by atoms with Gasteiger partial charge >= 0.3 is 0 Å². The largest absolute Gasteiger partial charge is 0.339 e. The fourth-order valence-electron chi connectivity index (χ4n) is 3.36. The molecule has 24 heavy (non-hydrogen) atoms. The SMILES string of the molecule is O=c1cc(CN2CCC[C@H]2c2noc(C3CC3)n2)nc2sccn12. The first-order valence-corrected chi connectivity index (χ1v) is 9.19. The molecule has 124 valence electrons. The summed E-state index contributed by atoms with van der Waals surface area (Å²) in [5.41, 5.74) is 0.780. The number of hydrogen-bond donors (Lipinski definition) is 0. The summed E-state index contributed by atoms with van der Waals surface area (Å²) in [6, 6.07) is 1.78. The molecule has 0 amide bonds. The van der Waals surface area contributed by atoms with Crippen LogP contribution in [0.3, 0.4) is 0 Å². The summed E-state index contributed by atoms with van der Waals surface area (Å²) in [6.45, 7) is 1.60. The van der Waals surface area contributed by atoms with Gasteiger partial charge in [-0.2, -0.15) is 4.98 Å². The molecule has 8 heteroatoms. The average molecular weight is 343 g/mol. The maximum Gasteiger partial charge on any atom is 0.258 e. The second-order valence-corrected chi connectivity index (χ2v) is 7.41. The highest BCUT2D eigenvalue weighted by molar-refractivity contribution is 7.15. The predicted octanol–water partition coefficient (Wildman–Crippen LogP) is 2.35. The van der Waals surface area contributed by atoms with Crippen LogP contribution in [-0.2, 0) is 6.54 Å². The molecule has 1 aliphatic carbocycles. The number of hydrogen-bond acceptors (Lipinski definition) is 7. The van der Waals surface area contributed by atoms with E-state index in [4.69, 9.17) is 4.52 Å². The van der Waals surface area contributed by atoms with Crippen LogP contribution >= 0.6 is 11.3 Å². The summed E-state index contributed by atoms with van der Waals surface area (Å²) < 4.78 is 6.99. The van der Waals surface area contributed by atoms with Crippen LogP contribution in [0.1, 0.15) is 55.1 Å². The zero-order valence-corrected chi connectivity index (χ0v) is 13.9. The standard InChI is InChI=1S/C16H17N5O2S/c22-13-8-11(17-16-21(13)6-7-24-16)9-20-5-1-2-12(20)14-18-15(23-19-14)10-3-4-10/h6-8,10,12H,1-5,9H2/t12-/m0/s1. The van der Waals surface area contributed by atoms with Crippen LogP contribution < -0.4 is 5.56 Å². The van der Waals surface area contributed by atoms with E-state index in [9.17, 15) is 4.79 Å². The van der Waals surface area contributed by atoms with Gasteiger partial charge in [-0.25, -0.2) is 4.98 Å². The lowest BCUT2D eigenvalue weighted by Gasteiger charge is -2.21. The molecular weight excluding hydrogens is 326 g/mol. The van der Waals surface area contributed by atoms with Crippen LogP contribution in [0, 0.1) is 0 Å². The van der Waals surface area contributed by atoms with Crippen molar-refractivity contribution in [3.8, 4) is 0 Å². The van der Waals surface area contributed by atoms with Crippen LogP contribution in [0.4, 0.5) is 0 Å². The highest BCUT2D eigenvalue weighted by atomic mass is 32.1. The molecule has 1 saturated heterocycles. The van der Waals surface area contributed by atoms with E-state index in [2.05, 4.69) is 20.0 Å². The molecule has 3 aromatic heterocycles. The molecule has 0 spiro atoms. The normalized spacial score (nSPS) is 21.8. The summed E-state index contributed by atoms with van der Waals surface area (Å²) in [6.07, 6.45) is 6.19. The topological polar surface area (TPSA) is 76.5 Å². The highest BCUT2D eigenvalue weighted by Gasteiger charge is 2.34. The van der Waals surface area contributed by atoms with Crippen LogP contribution in [0.2, 0.25) is 0 Å². The second kappa shape index (κ2) is 5.49. The van der Waals surface area contributed by atoms with E-state index in [0.29, 0.717) is 12.5 Å². The Hall–Kier alpha value is -2.06. The van der Waals surface area contributed by atoms with Gasteiger partial charge in [-0.1, -0.05) is 5.16 Å². The smallest absolute Gasteiger partial charge is 0.258 e. The Morgan fingerprint density at radius 1 is 1.29 bits per heavy atom. The van der Waals surface area contributed by atoms with Crippen molar-refractivity contribution < 1.29 is 4.52 Å². The van der Waals surface area contributed by atoms with Crippen molar-refractivity contribution in [2.24, 2.45) is 0 Å². The molecular formula is C16H17N5O2S. The monoisotopic (exact) mass is 343 g/mol. The third-order valence-corrected chi connectivity index (χ3v) is 5.52. The number of thiazole rings is 1. The minimum absolute atomic E-state index is 0.0254. The van der Waals surface area contributed by atoms with E-state index < -0.39 is 0 Å². The van der Waals surface area contributed by atoms with E-state index in [-0.39, 0.29) is 11.6 Å². The van der Waals surface area contributed by atoms with Crippen LogP contribution in [0.15, 0.2) is 27.0 Å². The van der Waals surface area contributed by atoms with Crippen molar-refractivity contribution in [1.82, 2.24) is 24.4 Å². The number of likely N-dealkylation sites (tertiary alicyclic amines) is 1. The quantitative estimate of drug-likeness (QED) is 0.724. The third kappa shape index (κ3) is 2.46. The summed E-state index contributed by atoms with van der Waals surface area (Å²) in [5, 5.41) is 6.08. The maximum atomic E-state index is 12.1. The first-order chi connectivity index (χ1) is 11.8. The molecule has 0 radical (unpaired) electrons. The summed E-state index contributed by atoms with van der Waals surface area (Å²) >= 11 is 1.48. The summed E-state index contributed by atoms with van der Waals surface area (Å²) in [4.78, 5) is 24.4. The van der Waals surface area contributed by atoms with Gasteiger partial charge in [0.05, 0.1) is 11.7 Å². The first kappa shape index (κ1) is 14.3. The van der Waals surface area contributed by atoms with Gasteiger partial charge in [-0.3, -0.25) is 14.1 Å². The highest BCUT2D eigenvalue weighted by Crippen LogP contribution is 2.40. The van der Waals surface area contributed by atoms with Crippen molar-refractivity contribution in [3.05, 3.63) is 45.4 Å². The lowest BCUT2D eigenvalue weighted by Crippen LogP contribution is -2.25. The average Bonchev–Trinajstić information content (AvgIpc) is 3.00. The molecule has 5 rings (SSSR count). The molecule has 0 unspecified atom stereocenters. The van der Waals surface area contributed by atoms with E-state index in [1.807, 2.05) is 5.38 Å². The lowest BCUT2D eigenvalue weighted by atomic mass is 10.2. The van der Waals surface area contributed by atoms with Gasteiger partial charge in [0.2, 0.25) is 5.89 Å². The summed E-state index contributed by atoms with van der Waals surface area (Å²) in [7, 11) is 0. The van der Waals surface area contributed by atoms with Crippen LogP contribution in [0.5, 0.6) is 0 Å². The van der Waals surface area contributed by atoms with Crippen molar-refractivity contribution in [3.63, 3.8) is 0 Å². The zero-order valence-electron chi connectivity index (χ0n) is 13.1. The van der Waals surface area contributed by atoms with Gasteiger partial charge in [-0.15, -0.1) is 11.3 Å². The Balaban J connectivity index is 1.40. The van der Waals surface area contributed by atoms with E-state index in [0.717, 1.165) is 54.6 Å². The molecule has 0 bridgehead atoms. The number of aromatic nitrogens is 4. The van der Waals surface area contributed by atoms with Crippen molar-refractivity contribution in [1.29, 1.82) is 0 Å². The maximum absolute atomic E-state index is 12.1. The molecule has 2 aliphatic rings. The third-order valence-electron chi connectivity index (χ3n) is 4.77. The molecule has 1 atom stereocenters. The molecule has 2 fully saturated rings. The Labute approximate surface area is 141 Å². The van der Waals surface area contributed by atoms with E-state index in [1.54, 1.807) is 16.7 Å². The molecule has 0 N–H and O–H groups in total. The Bertz CT molecular complexity index is 941. The summed E-state index contributed by atoms with van der Waals surface area (Å²) in [5.74, 6) is 2.04. The zero-order chi connectivity index (χ0) is 16.1. The minimum Gasteiger partial charge on any atom is -0.339 e. The molecule has 3 aromatic rings. The van der Waals surface area contributed by atoms with Gasteiger partial charge in [0.15, 0.2) is 10.8 Å². The fourth-order valence-corrected chi connectivity index (χ4v) is 4.10. The van der Waals surface area contributed by atoms with Gasteiger partial charge in [-0.05, 0) is 32.2 Å². The molecule has 1 aliphatic heterocycles. The second-order valence-electron chi connectivity index (χ2n) is 6.53. The van der Waals surface area contributed by atoms with Gasteiger partial charge in [0.25, 0.3) is 5.56 Å². The fraction of sp³-hybridized carbons (Fsp3) is 0.500. The number of rotatable bonds is 4. The van der Waals surface area contributed by atoms with Crippen LogP contribution in [-0.4, -0.2) is 31.0 Å². The first-order valence-electron chi connectivity index (χ1n) is 8.31. The Morgan fingerprint density at radius 3 is 3.08 bits per heavy atom. The number of fused-ring (bicyclic) bond motifs is 1. The lowest BCUT2D eigenvalue weighted by molar-refractivity contribution is 0.231. The van der Waals surface area contributed by atoms with Gasteiger partial charge < -0.3 is 4.52 Å². The Kier molecular flexibility index (Phi) is 3.27. The van der Waals surface area contributed by atoms with E-state index >= 15 is 0 Å². The van der Waals surface area contributed by atoms with Crippen molar-refractivity contribution >= 4 is 16.3 Å². The molecule has 4 heterocycles. The molecule has 1 saturated carbocycles. The Morgan fingerprint density at radius 2 is 2.21 bits per heavy atom. The van der Waals surface area contributed by atoms with Crippen molar-refractivity contribution in [2.45, 2.75) is 44.2 Å². The molecule has 7 nitrogen and oxygen atoms in total. The number of nitrogens with zero attached hydrogens (tertiary/aromatic N) is 5. The van der Waals surface area contributed by atoms with Crippen LogP contribution in [0.25, 0.3) is 4.96 Å². The predicted molar refractivity (Wildman–Crippen MR) is 88.0 cm³/mol.